The van der Waals surface area contributed by atoms with E-state index < -0.39 is 28.1 Å². The lowest BCUT2D eigenvalue weighted by Gasteiger charge is -2.35. The van der Waals surface area contributed by atoms with E-state index >= 15 is 0 Å². The third-order valence-corrected chi connectivity index (χ3v) is 4.28. The van der Waals surface area contributed by atoms with Gasteiger partial charge in [-0.15, -0.1) is 13.2 Å². The molecule has 1 saturated heterocycles. The summed E-state index contributed by atoms with van der Waals surface area (Å²) in [5.41, 5.74) is 0.303. The molecule has 0 spiro atoms. The van der Waals surface area contributed by atoms with Crippen LogP contribution in [0.1, 0.15) is 0 Å². The summed E-state index contributed by atoms with van der Waals surface area (Å²) in [6, 6.07) is 4.69. The van der Waals surface area contributed by atoms with E-state index in [9.17, 15) is 26.4 Å². The van der Waals surface area contributed by atoms with Crippen molar-refractivity contribution < 1.29 is 31.1 Å². The second kappa shape index (κ2) is 5.76. The third-order valence-electron chi connectivity index (χ3n) is 3.04. The van der Waals surface area contributed by atoms with Crippen LogP contribution < -0.4 is 10.1 Å². The predicted molar refractivity (Wildman–Crippen MR) is 71.7 cm³/mol. The predicted octanol–water partition coefficient (Wildman–Crippen LogP) is 1.42. The molecule has 1 aromatic carbocycles. The molecule has 0 atom stereocenters. The minimum atomic E-state index is -4.77. The van der Waals surface area contributed by atoms with E-state index in [1.54, 1.807) is 0 Å². The minimum Gasteiger partial charge on any atom is -0.406 e. The van der Waals surface area contributed by atoms with Gasteiger partial charge in [0.15, 0.2) is 0 Å². The van der Waals surface area contributed by atoms with Crippen molar-refractivity contribution in [3.8, 4) is 5.75 Å². The van der Waals surface area contributed by atoms with Gasteiger partial charge in [0, 0.05) is 18.8 Å². The van der Waals surface area contributed by atoms with Gasteiger partial charge in [-0.25, -0.2) is 12.7 Å². The first-order valence-corrected chi connectivity index (χ1v) is 8.01. The Bertz CT molecular complexity index is 652. The molecular weight excluding hydrogens is 325 g/mol. The lowest BCUT2D eigenvalue weighted by Crippen LogP contribution is -2.53. The van der Waals surface area contributed by atoms with Crippen LogP contribution in [0.5, 0.6) is 5.75 Å². The monoisotopic (exact) mass is 338 g/mol. The fourth-order valence-corrected chi connectivity index (χ4v) is 2.76. The van der Waals surface area contributed by atoms with Crippen LogP contribution in [0, 0.1) is 5.92 Å². The van der Waals surface area contributed by atoms with Crippen LogP contribution >= 0.6 is 0 Å². The summed E-state index contributed by atoms with van der Waals surface area (Å²) < 4.78 is 63.2. The molecule has 1 aromatic rings. The van der Waals surface area contributed by atoms with Gasteiger partial charge in [0.1, 0.15) is 5.75 Å². The van der Waals surface area contributed by atoms with Crippen molar-refractivity contribution in [3.63, 3.8) is 0 Å². The van der Waals surface area contributed by atoms with Gasteiger partial charge in [-0.05, 0) is 24.3 Å². The van der Waals surface area contributed by atoms with Crippen LogP contribution in [-0.4, -0.2) is 44.3 Å². The molecule has 1 amide bonds. The Labute approximate surface area is 124 Å². The molecule has 2 rings (SSSR count). The highest BCUT2D eigenvalue weighted by Crippen LogP contribution is 2.25. The van der Waals surface area contributed by atoms with Gasteiger partial charge in [-0.2, -0.15) is 0 Å². The number of hydrogen-bond donors (Lipinski definition) is 1. The first-order valence-electron chi connectivity index (χ1n) is 6.16. The van der Waals surface area contributed by atoms with Crippen molar-refractivity contribution >= 4 is 21.6 Å². The average Bonchev–Trinajstić information content (AvgIpc) is 2.25. The zero-order valence-electron chi connectivity index (χ0n) is 11.4. The Hall–Kier alpha value is -1.81. The van der Waals surface area contributed by atoms with Gasteiger partial charge >= 0.3 is 6.36 Å². The first-order chi connectivity index (χ1) is 10.0. The van der Waals surface area contributed by atoms with Crippen molar-refractivity contribution in [2.24, 2.45) is 5.92 Å². The summed E-state index contributed by atoms with van der Waals surface area (Å²) in [4.78, 5) is 11.8. The molecule has 1 fully saturated rings. The molecule has 0 radical (unpaired) electrons. The van der Waals surface area contributed by atoms with E-state index in [1.807, 2.05) is 0 Å². The topological polar surface area (TPSA) is 75.7 Å². The summed E-state index contributed by atoms with van der Waals surface area (Å²) >= 11 is 0. The molecule has 1 aliphatic heterocycles. The van der Waals surface area contributed by atoms with E-state index in [2.05, 4.69) is 10.1 Å². The highest BCUT2D eigenvalue weighted by atomic mass is 32.2. The standard InChI is InChI=1S/C12H13F3N2O4S/c1-22(19,20)17-6-8(7-17)11(18)16-9-2-4-10(5-3-9)21-12(13,14)15/h2-5,8H,6-7H2,1H3,(H,16,18). The molecule has 10 heteroatoms. The van der Waals surface area contributed by atoms with Gasteiger partial charge in [0.05, 0.1) is 12.2 Å². The van der Waals surface area contributed by atoms with Crippen LogP contribution in [0.3, 0.4) is 0 Å². The molecular formula is C12H13F3N2O4S. The number of ether oxygens (including phenoxy) is 1. The normalized spacial score (nSPS) is 16.9. The highest BCUT2D eigenvalue weighted by Gasteiger charge is 2.37. The second-order valence-electron chi connectivity index (χ2n) is 4.84. The molecule has 1 aliphatic rings. The van der Waals surface area contributed by atoms with Crippen LogP contribution in [0.4, 0.5) is 18.9 Å². The smallest absolute Gasteiger partial charge is 0.406 e. The van der Waals surface area contributed by atoms with Crippen LogP contribution in [0.2, 0.25) is 0 Å². The minimum absolute atomic E-state index is 0.0972. The highest BCUT2D eigenvalue weighted by molar-refractivity contribution is 7.88. The Morgan fingerprint density at radius 1 is 1.27 bits per heavy atom. The van der Waals surface area contributed by atoms with Crippen LogP contribution in [-0.2, 0) is 14.8 Å². The van der Waals surface area contributed by atoms with E-state index in [4.69, 9.17) is 0 Å². The third kappa shape index (κ3) is 4.34. The number of rotatable bonds is 4. The van der Waals surface area contributed by atoms with Gasteiger partial charge in [-0.1, -0.05) is 0 Å². The van der Waals surface area contributed by atoms with Crippen LogP contribution in [0.15, 0.2) is 24.3 Å². The number of amides is 1. The molecule has 0 bridgehead atoms. The largest absolute Gasteiger partial charge is 0.573 e. The lowest BCUT2D eigenvalue weighted by atomic mass is 10.0. The fourth-order valence-electron chi connectivity index (χ4n) is 1.86. The molecule has 6 nitrogen and oxygen atoms in total. The van der Waals surface area contributed by atoms with Crippen molar-refractivity contribution in [3.05, 3.63) is 24.3 Å². The van der Waals surface area contributed by atoms with E-state index in [1.165, 1.54) is 12.1 Å². The van der Waals surface area contributed by atoms with E-state index in [0.717, 1.165) is 22.7 Å². The lowest BCUT2D eigenvalue weighted by molar-refractivity contribution is -0.274. The van der Waals surface area contributed by atoms with Crippen molar-refractivity contribution in [2.45, 2.75) is 6.36 Å². The summed E-state index contributed by atoms with van der Waals surface area (Å²) in [5, 5.41) is 2.51. The first kappa shape index (κ1) is 16.6. The molecule has 22 heavy (non-hydrogen) atoms. The van der Waals surface area contributed by atoms with Gasteiger partial charge in [0.25, 0.3) is 0 Å². The molecule has 0 saturated carbocycles. The SMILES string of the molecule is CS(=O)(=O)N1CC(C(=O)Nc2ccc(OC(F)(F)F)cc2)C1. The number of nitrogens with zero attached hydrogens (tertiary/aromatic N) is 1. The molecule has 0 aromatic heterocycles. The Balaban J connectivity index is 1.88. The zero-order chi connectivity index (χ0) is 16.5. The van der Waals surface area contributed by atoms with Gasteiger partial charge in [0.2, 0.25) is 15.9 Å². The zero-order valence-corrected chi connectivity index (χ0v) is 12.2. The number of carbonyl (C=O) groups excluding carboxylic acids is 1. The Morgan fingerprint density at radius 2 is 1.82 bits per heavy atom. The van der Waals surface area contributed by atoms with Crippen LogP contribution in [0.25, 0.3) is 0 Å². The van der Waals surface area contributed by atoms with Crippen molar-refractivity contribution in [1.82, 2.24) is 4.31 Å². The average molecular weight is 338 g/mol. The summed E-state index contributed by atoms with van der Waals surface area (Å²) in [7, 11) is -3.30. The number of benzene rings is 1. The number of halogens is 3. The van der Waals surface area contributed by atoms with E-state index in [-0.39, 0.29) is 19.0 Å². The number of sulfonamides is 1. The maximum absolute atomic E-state index is 12.0. The van der Waals surface area contributed by atoms with Gasteiger partial charge < -0.3 is 10.1 Å². The molecule has 0 aliphatic carbocycles. The summed E-state index contributed by atoms with van der Waals surface area (Å²) in [6.45, 7) is 0.194. The molecule has 1 N–H and O–H groups in total. The number of hydrogen-bond acceptors (Lipinski definition) is 4. The number of nitrogens with one attached hydrogen (secondary N) is 1. The van der Waals surface area contributed by atoms with Gasteiger partial charge in [-0.3, -0.25) is 4.79 Å². The molecule has 0 unspecified atom stereocenters. The molecule has 122 valence electrons. The number of alkyl halides is 3. The second-order valence-corrected chi connectivity index (χ2v) is 6.82. The summed E-state index contributed by atoms with van der Waals surface area (Å²) in [6.07, 6.45) is -3.72. The Morgan fingerprint density at radius 3 is 2.27 bits per heavy atom. The summed E-state index contributed by atoms with van der Waals surface area (Å²) in [5.74, 6) is -1.25. The fraction of sp³-hybridized carbons (Fsp3) is 0.417. The maximum Gasteiger partial charge on any atom is 0.573 e. The van der Waals surface area contributed by atoms with Crippen molar-refractivity contribution in [2.75, 3.05) is 24.7 Å². The van der Waals surface area contributed by atoms with E-state index in [0.29, 0.717) is 5.69 Å². The van der Waals surface area contributed by atoms with Crippen molar-refractivity contribution in [1.29, 1.82) is 0 Å². The number of carbonyl (C=O) groups is 1. The molecule has 1 heterocycles. The maximum atomic E-state index is 12.0. The number of anilines is 1. The quantitative estimate of drug-likeness (QED) is 0.901. The Kier molecular flexibility index (Phi) is 4.34.